The van der Waals surface area contributed by atoms with Gasteiger partial charge in [0.05, 0.1) is 0 Å². The van der Waals surface area contributed by atoms with Gasteiger partial charge in [0.25, 0.3) is 0 Å². The number of halogens is 1. The molecule has 0 radical (unpaired) electrons. The molecule has 1 aliphatic rings. The Hall–Kier alpha value is -0.860. The predicted molar refractivity (Wildman–Crippen MR) is 92.9 cm³/mol. The maximum atomic E-state index is 3.57. The number of rotatable bonds is 1. The summed E-state index contributed by atoms with van der Waals surface area (Å²) in [6, 6.07) is 13.8. The molecule has 20 heavy (non-hydrogen) atoms. The topological polar surface area (TPSA) is 0 Å². The molecule has 0 amide bonds. The van der Waals surface area contributed by atoms with Crippen molar-refractivity contribution in [1.82, 2.24) is 0 Å². The first-order valence-corrected chi connectivity index (χ1v) is 9.04. The van der Waals surface area contributed by atoms with E-state index < -0.39 is 0 Å². The second-order valence-electron chi connectivity index (χ2n) is 5.83. The van der Waals surface area contributed by atoms with E-state index in [-0.39, 0.29) is 0 Å². The van der Waals surface area contributed by atoms with Gasteiger partial charge in [-0.2, -0.15) is 0 Å². The second-order valence-corrected chi connectivity index (χ2v) is 7.83. The maximum Gasteiger partial charge on any atom is 0.0366 e. The van der Waals surface area contributed by atoms with Crippen molar-refractivity contribution < 1.29 is 0 Å². The summed E-state index contributed by atoms with van der Waals surface area (Å²) in [7, 11) is 0. The number of hydrogen-bond donors (Lipinski definition) is 0. The van der Waals surface area contributed by atoms with E-state index >= 15 is 0 Å². The van der Waals surface area contributed by atoms with Crippen LogP contribution in [0.3, 0.4) is 0 Å². The molecule has 0 nitrogen and oxygen atoms in total. The normalized spacial score (nSPS) is 17.1. The zero-order chi connectivity index (χ0) is 13.5. The highest BCUT2D eigenvalue weighted by atomic mass is 79.9. The van der Waals surface area contributed by atoms with Gasteiger partial charge in [0.15, 0.2) is 0 Å². The largest absolute Gasteiger partial charge is 0.135 e. The number of hydrogen-bond acceptors (Lipinski definition) is 1. The lowest BCUT2D eigenvalue weighted by atomic mass is 9.84. The van der Waals surface area contributed by atoms with Gasteiger partial charge in [-0.15, -0.1) is 11.3 Å². The molecule has 1 fully saturated rings. The van der Waals surface area contributed by atoms with Crippen molar-refractivity contribution in [3.63, 3.8) is 0 Å². The molecule has 0 bridgehead atoms. The lowest BCUT2D eigenvalue weighted by molar-refractivity contribution is 0.444. The van der Waals surface area contributed by atoms with Gasteiger partial charge < -0.3 is 0 Å². The van der Waals surface area contributed by atoms with E-state index in [4.69, 9.17) is 0 Å². The Morgan fingerprint density at radius 1 is 0.850 bits per heavy atom. The molecule has 102 valence electrons. The van der Waals surface area contributed by atoms with Crippen LogP contribution in [0.2, 0.25) is 0 Å². The van der Waals surface area contributed by atoms with E-state index in [0.29, 0.717) is 0 Å². The van der Waals surface area contributed by atoms with Crippen LogP contribution in [0.5, 0.6) is 0 Å². The van der Waals surface area contributed by atoms with Crippen molar-refractivity contribution in [2.75, 3.05) is 0 Å². The molecular formula is C18H17BrS. The van der Waals surface area contributed by atoms with Gasteiger partial charge >= 0.3 is 0 Å². The molecule has 1 heterocycles. The van der Waals surface area contributed by atoms with E-state index in [1.807, 2.05) is 11.3 Å². The van der Waals surface area contributed by atoms with E-state index in [2.05, 4.69) is 52.3 Å². The zero-order valence-electron chi connectivity index (χ0n) is 11.4. The van der Waals surface area contributed by atoms with Gasteiger partial charge in [-0.1, -0.05) is 53.4 Å². The molecular weight excluding hydrogens is 328 g/mol. The molecule has 3 aromatic rings. The first-order valence-electron chi connectivity index (χ1n) is 7.43. The van der Waals surface area contributed by atoms with Crippen LogP contribution in [-0.2, 0) is 0 Å². The van der Waals surface area contributed by atoms with Crippen LogP contribution in [0, 0.1) is 0 Å². The Labute approximate surface area is 131 Å². The van der Waals surface area contributed by atoms with Gasteiger partial charge in [0.1, 0.15) is 0 Å². The minimum absolute atomic E-state index is 0.796. The predicted octanol–water partition coefficient (Wildman–Crippen LogP) is 6.86. The first kappa shape index (κ1) is 12.8. The quantitative estimate of drug-likeness (QED) is 0.452. The van der Waals surface area contributed by atoms with Gasteiger partial charge in [-0.25, -0.2) is 0 Å². The van der Waals surface area contributed by atoms with Crippen molar-refractivity contribution >= 4 is 47.4 Å². The molecule has 0 unspecified atom stereocenters. The average molecular weight is 345 g/mol. The Kier molecular flexibility index (Phi) is 3.31. The van der Waals surface area contributed by atoms with Crippen LogP contribution < -0.4 is 0 Å². The van der Waals surface area contributed by atoms with Gasteiger partial charge in [-0.3, -0.25) is 0 Å². The summed E-state index contributed by atoms with van der Waals surface area (Å²) in [4.78, 5) is 0. The molecule has 2 heteroatoms. The minimum atomic E-state index is 0.796. The summed E-state index contributed by atoms with van der Waals surface area (Å²) < 4.78 is 4.00. The van der Waals surface area contributed by atoms with E-state index in [9.17, 15) is 0 Å². The van der Waals surface area contributed by atoms with Gasteiger partial charge in [-0.05, 0) is 42.5 Å². The van der Waals surface area contributed by atoms with E-state index in [1.165, 1.54) is 56.7 Å². The number of thiophene rings is 1. The fourth-order valence-corrected chi connectivity index (χ4v) is 5.16. The summed E-state index contributed by atoms with van der Waals surface area (Å²) in [5.41, 5.74) is 1.56. The van der Waals surface area contributed by atoms with E-state index in [1.54, 1.807) is 5.56 Å². The average Bonchev–Trinajstić information content (AvgIpc) is 2.84. The summed E-state index contributed by atoms with van der Waals surface area (Å²) in [6.45, 7) is 0. The highest BCUT2D eigenvalue weighted by molar-refractivity contribution is 9.10. The summed E-state index contributed by atoms with van der Waals surface area (Å²) in [5, 5.41) is 2.81. The fraction of sp³-hybridized carbons (Fsp3) is 0.333. The molecule has 2 aromatic carbocycles. The van der Waals surface area contributed by atoms with Crippen molar-refractivity contribution in [1.29, 1.82) is 0 Å². The minimum Gasteiger partial charge on any atom is -0.135 e. The summed E-state index contributed by atoms with van der Waals surface area (Å²) in [5.74, 6) is 0.796. The number of benzene rings is 2. The van der Waals surface area contributed by atoms with Crippen molar-refractivity contribution in [3.8, 4) is 0 Å². The Balaban J connectivity index is 1.84. The Morgan fingerprint density at radius 3 is 2.35 bits per heavy atom. The van der Waals surface area contributed by atoms with Crippen LogP contribution in [0.15, 0.2) is 40.9 Å². The third-order valence-corrected chi connectivity index (χ3v) is 6.14. The third kappa shape index (κ3) is 2.19. The summed E-state index contributed by atoms with van der Waals surface area (Å²) >= 11 is 5.50. The highest BCUT2D eigenvalue weighted by Crippen LogP contribution is 2.39. The van der Waals surface area contributed by atoms with Crippen LogP contribution >= 0.6 is 27.3 Å². The van der Waals surface area contributed by atoms with Gasteiger partial charge in [0.2, 0.25) is 0 Å². The Morgan fingerprint density at radius 2 is 1.55 bits per heavy atom. The van der Waals surface area contributed by atoms with Crippen LogP contribution in [-0.4, -0.2) is 0 Å². The molecule has 1 aromatic heterocycles. The molecule has 4 rings (SSSR count). The summed E-state index contributed by atoms with van der Waals surface area (Å²) in [6.07, 6.45) is 6.99. The third-order valence-electron chi connectivity index (χ3n) is 4.54. The van der Waals surface area contributed by atoms with Crippen LogP contribution in [0.25, 0.3) is 20.2 Å². The molecule has 0 spiro atoms. The lowest BCUT2D eigenvalue weighted by Crippen LogP contribution is -2.03. The second kappa shape index (κ2) is 5.16. The molecule has 1 saturated carbocycles. The first-order chi connectivity index (χ1) is 9.81. The monoisotopic (exact) mass is 344 g/mol. The lowest BCUT2D eigenvalue weighted by Gasteiger charge is -2.21. The van der Waals surface area contributed by atoms with E-state index in [0.717, 1.165) is 5.92 Å². The molecule has 0 atom stereocenters. The van der Waals surface area contributed by atoms with Crippen LogP contribution in [0.1, 0.15) is 43.6 Å². The number of fused-ring (bicyclic) bond motifs is 3. The smallest absolute Gasteiger partial charge is 0.0366 e. The maximum absolute atomic E-state index is 3.57. The fourth-order valence-electron chi connectivity index (χ4n) is 3.46. The highest BCUT2D eigenvalue weighted by Gasteiger charge is 2.16. The molecule has 0 aliphatic heterocycles. The van der Waals surface area contributed by atoms with Gasteiger partial charge in [0, 0.05) is 24.6 Å². The molecule has 1 aliphatic carbocycles. The molecule has 0 saturated heterocycles. The van der Waals surface area contributed by atoms with Crippen molar-refractivity contribution in [3.05, 3.63) is 46.4 Å². The Bertz CT molecular complexity index is 766. The SMILES string of the molecule is Brc1ccc2c(c1)sc1cc(C3CCCCC3)ccc12. The zero-order valence-corrected chi connectivity index (χ0v) is 13.8. The van der Waals surface area contributed by atoms with Crippen molar-refractivity contribution in [2.45, 2.75) is 38.0 Å². The molecule has 0 N–H and O–H groups in total. The standard InChI is InChI=1S/C18H17BrS/c19-14-7-9-16-15-8-6-13(12-4-2-1-3-5-12)10-17(15)20-18(16)11-14/h6-12H,1-5H2. The van der Waals surface area contributed by atoms with Crippen molar-refractivity contribution in [2.24, 2.45) is 0 Å². The van der Waals surface area contributed by atoms with Crippen LogP contribution in [0.4, 0.5) is 0 Å².